The van der Waals surface area contributed by atoms with Gasteiger partial charge in [0.25, 0.3) is 0 Å². The Hall–Kier alpha value is -0.630. The van der Waals surface area contributed by atoms with Gasteiger partial charge in [-0.3, -0.25) is 0 Å². The van der Waals surface area contributed by atoms with Gasteiger partial charge in [-0.15, -0.1) is 0 Å². The molecule has 0 aliphatic carbocycles. The molecule has 21 heavy (non-hydrogen) atoms. The average Bonchev–Trinajstić information content (AvgIpc) is 2.83. The molecule has 1 atom stereocenters. The van der Waals surface area contributed by atoms with E-state index in [-0.39, 0.29) is 17.5 Å². The molecular formula is C14H21BrN2O3S. The smallest absolute Gasteiger partial charge is 0.244 e. The first-order chi connectivity index (χ1) is 9.83. The lowest BCUT2D eigenvalue weighted by Gasteiger charge is -2.19. The van der Waals surface area contributed by atoms with Gasteiger partial charge >= 0.3 is 0 Å². The molecule has 0 bridgehead atoms. The zero-order chi connectivity index (χ0) is 15.6. The highest BCUT2D eigenvalue weighted by atomic mass is 79.9. The Balaban J connectivity index is 2.32. The van der Waals surface area contributed by atoms with Gasteiger partial charge in [0.15, 0.2) is 0 Å². The summed E-state index contributed by atoms with van der Waals surface area (Å²) in [7, 11) is -3.65. The Kier molecular flexibility index (Phi) is 5.29. The predicted octanol–water partition coefficient (Wildman–Crippen LogP) is 2.04. The highest BCUT2D eigenvalue weighted by Crippen LogP contribution is 2.35. The van der Waals surface area contributed by atoms with Crippen LogP contribution in [0.3, 0.4) is 0 Å². The molecular weight excluding hydrogens is 356 g/mol. The van der Waals surface area contributed by atoms with E-state index in [1.165, 1.54) is 0 Å². The first-order valence-corrected chi connectivity index (χ1v) is 9.28. The van der Waals surface area contributed by atoms with Crippen molar-refractivity contribution in [3.05, 3.63) is 22.2 Å². The number of nitrogens with one attached hydrogen (secondary N) is 1. The van der Waals surface area contributed by atoms with Gasteiger partial charge in [-0.05, 0) is 24.5 Å². The SMILES string of the molecule is CC(C)CC(CN)NS(=O)(=O)c1cc(Br)cc2c1OCC2. The highest BCUT2D eigenvalue weighted by Gasteiger charge is 2.28. The van der Waals surface area contributed by atoms with Gasteiger partial charge in [0, 0.05) is 29.0 Å². The van der Waals surface area contributed by atoms with Crippen LogP contribution in [0.5, 0.6) is 5.75 Å². The van der Waals surface area contributed by atoms with Crippen molar-refractivity contribution in [3.63, 3.8) is 0 Å². The van der Waals surface area contributed by atoms with E-state index in [0.717, 1.165) is 16.5 Å². The van der Waals surface area contributed by atoms with E-state index in [9.17, 15) is 8.42 Å². The lowest BCUT2D eigenvalue weighted by atomic mass is 10.1. The lowest BCUT2D eigenvalue weighted by molar-refractivity contribution is 0.348. The Morgan fingerprint density at radius 2 is 2.14 bits per heavy atom. The summed E-state index contributed by atoms with van der Waals surface area (Å²) in [5, 5.41) is 0. The summed E-state index contributed by atoms with van der Waals surface area (Å²) in [6.07, 6.45) is 1.43. The van der Waals surface area contributed by atoms with Crippen molar-refractivity contribution >= 4 is 26.0 Å². The van der Waals surface area contributed by atoms with Crippen molar-refractivity contribution in [1.29, 1.82) is 0 Å². The van der Waals surface area contributed by atoms with E-state index in [0.29, 0.717) is 24.7 Å². The molecule has 118 valence electrons. The van der Waals surface area contributed by atoms with E-state index >= 15 is 0 Å². The van der Waals surface area contributed by atoms with Crippen molar-refractivity contribution in [2.45, 2.75) is 37.6 Å². The van der Waals surface area contributed by atoms with Crippen LogP contribution in [0, 0.1) is 5.92 Å². The van der Waals surface area contributed by atoms with Crippen LogP contribution >= 0.6 is 15.9 Å². The molecule has 0 radical (unpaired) electrons. The van der Waals surface area contributed by atoms with Gasteiger partial charge in [-0.1, -0.05) is 29.8 Å². The van der Waals surface area contributed by atoms with E-state index in [4.69, 9.17) is 10.5 Å². The van der Waals surface area contributed by atoms with Crippen LogP contribution in [0.4, 0.5) is 0 Å². The topological polar surface area (TPSA) is 81.4 Å². The van der Waals surface area contributed by atoms with Gasteiger partial charge in [-0.25, -0.2) is 13.1 Å². The minimum Gasteiger partial charge on any atom is -0.492 e. The fraction of sp³-hybridized carbons (Fsp3) is 0.571. The third-order valence-corrected chi connectivity index (χ3v) is 5.35. The highest BCUT2D eigenvalue weighted by molar-refractivity contribution is 9.10. The van der Waals surface area contributed by atoms with E-state index < -0.39 is 10.0 Å². The standard InChI is InChI=1S/C14H21BrN2O3S/c1-9(2)5-12(8-16)17-21(18,19)13-7-11(15)6-10-3-4-20-14(10)13/h6-7,9,12,17H,3-5,8,16H2,1-2H3. The monoisotopic (exact) mass is 376 g/mol. The summed E-state index contributed by atoms with van der Waals surface area (Å²) >= 11 is 3.36. The minimum absolute atomic E-state index is 0.187. The van der Waals surface area contributed by atoms with Crippen LogP contribution in [0.15, 0.2) is 21.5 Å². The zero-order valence-electron chi connectivity index (χ0n) is 12.2. The third kappa shape index (κ3) is 3.97. The zero-order valence-corrected chi connectivity index (χ0v) is 14.6. The largest absolute Gasteiger partial charge is 0.492 e. The molecule has 1 aliphatic heterocycles. The molecule has 1 heterocycles. The Bertz CT molecular complexity index is 617. The number of rotatable bonds is 6. The van der Waals surface area contributed by atoms with Crippen LogP contribution in [-0.2, 0) is 16.4 Å². The second-order valence-corrected chi connectivity index (χ2v) is 8.27. The van der Waals surface area contributed by atoms with E-state index in [2.05, 4.69) is 20.7 Å². The van der Waals surface area contributed by atoms with Crippen LogP contribution in [0.1, 0.15) is 25.8 Å². The summed E-state index contributed by atoms with van der Waals surface area (Å²) in [6, 6.07) is 3.21. The maximum atomic E-state index is 12.6. The molecule has 0 amide bonds. The summed E-state index contributed by atoms with van der Waals surface area (Å²) in [6.45, 7) is 4.86. The molecule has 7 heteroatoms. The summed E-state index contributed by atoms with van der Waals surface area (Å²) in [5.41, 5.74) is 6.60. The van der Waals surface area contributed by atoms with Crippen LogP contribution < -0.4 is 15.2 Å². The number of benzene rings is 1. The fourth-order valence-corrected chi connectivity index (χ4v) is 4.61. The summed E-state index contributed by atoms with van der Waals surface area (Å²) in [5.74, 6) is 0.830. The van der Waals surface area contributed by atoms with Crippen LogP contribution in [-0.4, -0.2) is 27.6 Å². The second kappa shape index (κ2) is 6.64. The summed E-state index contributed by atoms with van der Waals surface area (Å²) in [4.78, 5) is 0.187. The number of fused-ring (bicyclic) bond motifs is 1. The number of hydrogen-bond acceptors (Lipinski definition) is 4. The first-order valence-electron chi connectivity index (χ1n) is 7.01. The Morgan fingerprint density at radius 1 is 1.43 bits per heavy atom. The molecule has 1 aromatic carbocycles. The third-order valence-electron chi connectivity index (χ3n) is 3.37. The molecule has 1 aromatic rings. The minimum atomic E-state index is -3.65. The number of sulfonamides is 1. The molecule has 3 N–H and O–H groups in total. The molecule has 0 fully saturated rings. The number of hydrogen-bond donors (Lipinski definition) is 2. The maximum absolute atomic E-state index is 12.6. The summed E-state index contributed by atoms with van der Waals surface area (Å²) < 4.78 is 34.2. The molecule has 1 unspecified atom stereocenters. The van der Waals surface area contributed by atoms with Crippen molar-refractivity contribution < 1.29 is 13.2 Å². The molecule has 0 spiro atoms. The van der Waals surface area contributed by atoms with Gasteiger partial charge in [0.2, 0.25) is 10.0 Å². The van der Waals surface area contributed by atoms with Crippen molar-refractivity contribution in [1.82, 2.24) is 4.72 Å². The molecule has 0 saturated heterocycles. The van der Waals surface area contributed by atoms with E-state index in [1.54, 1.807) is 6.07 Å². The quantitative estimate of drug-likeness (QED) is 0.795. The van der Waals surface area contributed by atoms with Gasteiger partial charge in [0.1, 0.15) is 10.6 Å². The average molecular weight is 377 g/mol. The Morgan fingerprint density at radius 3 is 2.76 bits per heavy atom. The number of nitrogens with two attached hydrogens (primary N) is 1. The first kappa shape index (κ1) is 16.7. The van der Waals surface area contributed by atoms with Crippen LogP contribution in [0.2, 0.25) is 0 Å². The number of ether oxygens (including phenoxy) is 1. The maximum Gasteiger partial charge on any atom is 0.244 e. The van der Waals surface area contributed by atoms with Gasteiger partial charge in [-0.2, -0.15) is 0 Å². The molecule has 0 saturated carbocycles. The van der Waals surface area contributed by atoms with Crippen molar-refractivity contribution in [2.24, 2.45) is 11.7 Å². The molecule has 2 rings (SSSR count). The van der Waals surface area contributed by atoms with Crippen LogP contribution in [0.25, 0.3) is 0 Å². The number of halogens is 1. The molecule has 0 aromatic heterocycles. The second-order valence-electron chi connectivity index (χ2n) is 5.67. The lowest BCUT2D eigenvalue weighted by Crippen LogP contribution is -2.41. The van der Waals surface area contributed by atoms with Gasteiger partial charge in [0.05, 0.1) is 6.61 Å². The molecule has 5 nitrogen and oxygen atoms in total. The van der Waals surface area contributed by atoms with Crippen molar-refractivity contribution in [2.75, 3.05) is 13.2 Å². The van der Waals surface area contributed by atoms with E-state index in [1.807, 2.05) is 19.9 Å². The Labute approximate surface area is 134 Å². The van der Waals surface area contributed by atoms with Gasteiger partial charge < -0.3 is 10.5 Å². The van der Waals surface area contributed by atoms with Crippen molar-refractivity contribution in [3.8, 4) is 5.75 Å². The predicted molar refractivity (Wildman–Crippen MR) is 86.0 cm³/mol. The molecule has 1 aliphatic rings. The fourth-order valence-electron chi connectivity index (χ4n) is 2.48. The normalized spacial score (nSPS) is 15.9.